The summed E-state index contributed by atoms with van der Waals surface area (Å²) < 4.78 is 0. The quantitative estimate of drug-likeness (QED) is 0.485. The van der Waals surface area contributed by atoms with Crippen molar-refractivity contribution < 1.29 is 14.4 Å². The SMILES string of the molecule is O=C1CCC(N2C(=O)c3cccc4c(Sc5c[nH]c6ncccc56)cnc2c34)C(=O)N1. The number of fused-ring (bicyclic) bond motifs is 1. The molecule has 0 radical (unpaired) electrons. The Kier molecular flexibility index (Phi) is 3.87. The summed E-state index contributed by atoms with van der Waals surface area (Å²) >= 11 is 1.55. The van der Waals surface area contributed by atoms with Crippen LogP contribution in [0, 0.1) is 0 Å². The molecule has 0 aliphatic carbocycles. The highest BCUT2D eigenvalue weighted by molar-refractivity contribution is 7.99. The summed E-state index contributed by atoms with van der Waals surface area (Å²) in [6, 6.07) is 8.71. The topological polar surface area (TPSA) is 108 Å². The highest BCUT2D eigenvalue weighted by atomic mass is 32.2. The fourth-order valence-corrected chi connectivity index (χ4v) is 5.29. The van der Waals surface area contributed by atoms with Gasteiger partial charge in [0.1, 0.15) is 17.5 Å². The minimum absolute atomic E-state index is 0.197. The molecule has 0 bridgehead atoms. The third kappa shape index (κ3) is 2.66. The van der Waals surface area contributed by atoms with Crippen LogP contribution in [0.25, 0.3) is 21.8 Å². The molecule has 4 aromatic rings. The Morgan fingerprint density at radius 2 is 1.90 bits per heavy atom. The van der Waals surface area contributed by atoms with E-state index in [-0.39, 0.29) is 24.7 Å². The Morgan fingerprint density at radius 1 is 1.03 bits per heavy atom. The van der Waals surface area contributed by atoms with Crippen molar-refractivity contribution in [1.82, 2.24) is 20.3 Å². The second-order valence-corrected chi connectivity index (χ2v) is 8.55. The second kappa shape index (κ2) is 6.64. The number of H-pyrrole nitrogens is 1. The number of aromatic amines is 1. The fourth-order valence-electron chi connectivity index (χ4n) is 4.27. The summed E-state index contributed by atoms with van der Waals surface area (Å²) in [6.07, 6.45) is 5.86. The van der Waals surface area contributed by atoms with Crippen molar-refractivity contribution in [2.24, 2.45) is 0 Å². The molecule has 1 atom stereocenters. The zero-order valence-electron chi connectivity index (χ0n) is 16.1. The van der Waals surface area contributed by atoms with Gasteiger partial charge in [-0.1, -0.05) is 23.9 Å². The van der Waals surface area contributed by atoms with Gasteiger partial charge in [0.25, 0.3) is 5.91 Å². The summed E-state index contributed by atoms with van der Waals surface area (Å²) in [5.74, 6) is -0.573. The minimum atomic E-state index is -0.744. The van der Waals surface area contributed by atoms with Gasteiger partial charge in [-0.2, -0.15) is 0 Å². The third-order valence-corrected chi connectivity index (χ3v) is 6.79. The van der Waals surface area contributed by atoms with E-state index in [9.17, 15) is 14.4 Å². The number of amides is 3. The van der Waals surface area contributed by atoms with E-state index in [1.165, 1.54) is 4.90 Å². The molecule has 8 nitrogen and oxygen atoms in total. The molecule has 0 saturated carbocycles. The van der Waals surface area contributed by atoms with E-state index >= 15 is 0 Å². The number of nitrogens with zero attached hydrogens (tertiary/aromatic N) is 3. The Balaban J connectivity index is 1.46. The van der Waals surface area contributed by atoms with Crippen LogP contribution in [-0.4, -0.2) is 38.7 Å². The summed E-state index contributed by atoms with van der Waals surface area (Å²) in [5.41, 5.74) is 1.33. The number of aromatic nitrogens is 3. The van der Waals surface area contributed by atoms with Gasteiger partial charge in [-0.15, -0.1) is 0 Å². The lowest BCUT2D eigenvalue weighted by Crippen LogP contribution is -2.53. The first-order valence-corrected chi connectivity index (χ1v) is 10.6. The van der Waals surface area contributed by atoms with Crippen molar-refractivity contribution in [2.45, 2.75) is 28.7 Å². The molecule has 2 aliphatic heterocycles. The minimum Gasteiger partial charge on any atom is -0.345 e. The number of pyridine rings is 2. The highest BCUT2D eigenvalue weighted by Gasteiger charge is 2.41. The van der Waals surface area contributed by atoms with Crippen molar-refractivity contribution in [3.05, 3.63) is 54.5 Å². The average Bonchev–Trinajstić information content (AvgIpc) is 3.31. The molecule has 1 aromatic carbocycles. The van der Waals surface area contributed by atoms with E-state index in [1.54, 1.807) is 30.2 Å². The maximum absolute atomic E-state index is 13.2. The standard InChI is InChI=1S/C22H15N5O3S/c28-17-7-6-14(21(29)26-17)27-20-18-11(3-1-4-13(18)22(27)30)15(10-25-20)31-16-9-24-19-12(16)5-2-8-23-19/h1-5,8-10,14H,6-7H2,(H,23,24)(H,26,28,29). The zero-order valence-corrected chi connectivity index (χ0v) is 16.9. The van der Waals surface area contributed by atoms with Crippen LogP contribution in [0.1, 0.15) is 23.2 Å². The monoisotopic (exact) mass is 429 g/mol. The van der Waals surface area contributed by atoms with Crippen molar-refractivity contribution in [1.29, 1.82) is 0 Å². The van der Waals surface area contributed by atoms with Gasteiger partial charge >= 0.3 is 0 Å². The molecular weight excluding hydrogens is 414 g/mol. The number of benzene rings is 1. The Morgan fingerprint density at radius 3 is 2.77 bits per heavy atom. The number of carbonyl (C=O) groups is 3. The molecule has 5 heterocycles. The molecule has 9 heteroatoms. The van der Waals surface area contributed by atoms with Gasteiger partial charge in [-0.05, 0) is 24.6 Å². The number of carbonyl (C=O) groups excluding carboxylic acids is 3. The first-order valence-electron chi connectivity index (χ1n) is 9.81. The van der Waals surface area contributed by atoms with Gasteiger partial charge in [-0.25, -0.2) is 9.97 Å². The summed E-state index contributed by atoms with van der Waals surface area (Å²) in [6.45, 7) is 0. The lowest BCUT2D eigenvalue weighted by Gasteiger charge is -2.29. The number of anilines is 1. The number of rotatable bonds is 3. The number of hydrogen-bond acceptors (Lipinski definition) is 6. The van der Waals surface area contributed by atoms with E-state index in [2.05, 4.69) is 20.3 Å². The molecule has 31 heavy (non-hydrogen) atoms. The Bertz CT molecular complexity index is 1430. The number of hydrogen-bond donors (Lipinski definition) is 2. The van der Waals surface area contributed by atoms with Crippen LogP contribution >= 0.6 is 11.8 Å². The summed E-state index contributed by atoms with van der Waals surface area (Å²) in [4.78, 5) is 52.6. The van der Waals surface area contributed by atoms with Crippen molar-refractivity contribution in [2.75, 3.05) is 4.90 Å². The van der Waals surface area contributed by atoms with Gasteiger partial charge in [0.15, 0.2) is 0 Å². The first-order chi connectivity index (χ1) is 15.1. The van der Waals surface area contributed by atoms with E-state index in [1.807, 2.05) is 30.5 Å². The smallest absolute Gasteiger partial charge is 0.260 e. The van der Waals surface area contributed by atoms with Crippen LogP contribution in [0.3, 0.4) is 0 Å². The van der Waals surface area contributed by atoms with Gasteiger partial charge < -0.3 is 4.98 Å². The van der Waals surface area contributed by atoms with E-state index in [0.29, 0.717) is 11.4 Å². The van der Waals surface area contributed by atoms with Crippen molar-refractivity contribution in [3.8, 4) is 0 Å². The second-order valence-electron chi connectivity index (χ2n) is 7.47. The van der Waals surface area contributed by atoms with Crippen LogP contribution in [0.4, 0.5) is 5.82 Å². The van der Waals surface area contributed by atoms with Gasteiger partial charge in [0.05, 0.1) is 5.56 Å². The maximum Gasteiger partial charge on any atom is 0.260 e. The number of imide groups is 1. The molecule has 3 amide bonds. The van der Waals surface area contributed by atoms with Crippen molar-refractivity contribution >= 4 is 57.1 Å². The summed E-state index contributed by atoms with van der Waals surface area (Å²) in [5, 5.41) is 4.98. The lowest BCUT2D eigenvalue weighted by atomic mass is 10.0. The van der Waals surface area contributed by atoms with E-state index < -0.39 is 11.9 Å². The molecular formula is C22H15N5O3S. The van der Waals surface area contributed by atoms with Gasteiger partial charge in [0, 0.05) is 51.0 Å². The van der Waals surface area contributed by atoms with Crippen LogP contribution in [0.5, 0.6) is 0 Å². The van der Waals surface area contributed by atoms with Gasteiger partial charge in [0.2, 0.25) is 11.8 Å². The molecule has 2 aliphatic rings. The average molecular weight is 429 g/mol. The lowest BCUT2D eigenvalue weighted by molar-refractivity contribution is -0.134. The zero-order chi connectivity index (χ0) is 21.1. The molecule has 152 valence electrons. The predicted molar refractivity (Wildman–Crippen MR) is 115 cm³/mol. The third-order valence-electron chi connectivity index (χ3n) is 5.69. The number of piperidine rings is 1. The van der Waals surface area contributed by atoms with Gasteiger partial charge in [-0.3, -0.25) is 24.6 Å². The van der Waals surface area contributed by atoms with Crippen LogP contribution in [0.15, 0.2) is 58.7 Å². The molecule has 1 fully saturated rings. The predicted octanol–water partition coefficient (Wildman–Crippen LogP) is 3.03. The molecule has 0 spiro atoms. The molecule has 6 rings (SSSR count). The Hall–Kier alpha value is -3.72. The largest absolute Gasteiger partial charge is 0.345 e. The molecule has 3 aromatic heterocycles. The van der Waals surface area contributed by atoms with Crippen LogP contribution in [-0.2, 0) is 9.59 Å². The van der Waals surface area contributed by atoms with Crippen molar-refractivity contribution in [3.63, 3.8) is 0 Å². The molecule has 2 N–H and O–H groups in total. The number of nitrogens with one attached hydrogen (secondary N) is 2. The van der Waals surface area contributed by atoms with Crippen LogP contribution < -0.4 is 10.2 Å². The summed E-state index contributed by atoms with van der Waals surface area (Å²) in [7, 11) is 0. The van der Waals surface area contributed by atoms with E-state index in [0.717, 1.165) is 31.6 Å². The molecule has 1 saturated heterocycles. The Labute approximate surface area is 180 Å². The molecule has 1 unspecified atom stereocenters. The first kappa shape index (κ1) is 18.1. The normalized spacial score (nSPS) is 18.3. The van der Waals surface area contributed by atoms with E-state index in [4.69, 9.17) is 0 Å². The van der Waals surface area contributed by atoms with Crippen LogP contribution in [0.2, 0.25) is 0 Å². The maximum atomic E-state index is 13.2. The fraction of sp³-hybridized carbons (Fsp3) is 0.136. The highest BCUT2D eigenvalue weighted by Crippen LogP contribution is 2.43.